The van der Waals surface area contributed by atoms with Crippen molar-refractivity contribution >= 4 is 48.5 Å². The minimum atomic E-state index is -0.124. The maximum Gasteiger partial charge on any atom is 0.223 e. The molecule has 0 saturated carbocycles. The first-order valence-electron chi connectivity index (χ1n) is 6.45. The highest BCUT2D eigenvalue weighted by molar-refractivity contribution is 9.10. The summed E-state index contributed by atoms with van der Waals surface area (Å²) in [6, 6.07) is 7.86. The van der Waals surface area contributed by atoms with Crippen LogP contribution in [-0.4, -0.2) is 23.0 Å². The summed E-state index contributed by atoms with van der Waals surface area (Å²) in [5.41, 5.74) is 2.83. The van der Waals surface area contributed by atoms with E-state index in [4.69, 9.17) is 4.74 Å². The van der Waals surface area contributed by atoms with E-state index in [1.54, 1.807) is 13.3 Å². The number of fused-ring (bicyclic) bond motifs is 1. The molecular weight excluding hydrogens is 366 g/mol. The van der Waals surface area contributed by atoms with E-state index in [1.807, 2.05) is 24.3 Å². The largest absolute Gasteiger partial charge is 0.494 e. The van der Waals surface area contributed by atoms with Crippen LogP contribution in [-0.2, 0) is 4.79 Å². The molecule has 0 unspecified atom stereocenters. The third-order valence-electron chi connectivity index (χ3n) is 3.03. The van der Waals surface area contributed by atoms with Crippen LogP contribution in [0.2, 0.25) is 0 Å². The number of halogens is 1. The molecule has 0 fully saturated rings. The van der Waals surface area contributed by atoms with Gasteiger partial charge < -0.3 is 10.1 Å². The van der Waals surface area contributed by atoms with E-state index in [-0.39, 0.29) is 5.91 Å². The summed E-state index contributed by atoms with van der Waals surface area (Å²) >= 11 is 4.79. The lowest BCUT2D eigenvalue weighted by Gasteiger charge is -2.06. The predicted octanol–water partition coefficient (Wildman–Crippen LogP) is 4.09. The molecule has 0 bridgehead atoms. The van der Waals surface area contributed by atoms with E-state index in [2.05, 4.69) is 31.2 Å². The number of nitrogens with zero attached hydrogens (tertiary/aromatic N) is 2. The van der Waals surface area contributed by atoms with Gasteiger partial charge in [-0.3, -0.25) is 4.79 Å². The molecule has 2 aromatic heterocycles. The second kappa shape index (κ2) is 6.02. The van der Waals surface area contributed by atoms with Crippen LogP contribution in [0.25, 0.3) is 21.3 Å². The fourth-order valence-corrected chi connectivity index (χ4v) is 3.37. The molecule has 7 heteroatoms. The number of anilines is 1. The zero-order valence-corrected chi connectivity index (χ0v) is 14.3. The average molecular weight is 378 g/mol. The van der Waals surface area contributed by atoms with Gasteiger partial charge in [0, 0.05) is 18.7 Å². The quantitative estimate of drug-likeness (QED) is 0.698. The molecule has 0 aliphatic rings. The second-order valence-corrected chi connectivity index (χ2v) is 6.38. The standard InChI is InChI=1S/C15H12BrN3O2S/c1-8(20)18-15-19-11-4-3-9(6-13(11)22-15)10-5-12(21-2)14(16)17-7-10/h3-7H,1-2H3,(H,18,19,20). The lowest BCUT2D eigenvalue weighted by atomic mass is 10.1. The van der Waals surface area contributed by atoms with E-state index in [1.165, 1.54) is 18.3 Å². The molecule has 0 aliphatic carbocycles. The molecule has 0 radical (unpaired) electrons. The fourth-order valence-electron chi connectivity index (χ4n) is 2.04. The zero-order chi connectivity index (χ0) is 15.7. The van der Waals surface area contributed by atoms with Crippen molar-refractivity contribution in [2.75, 3.05) is 12.4 Å². The van der Waals surface area contributed by atoms with Crippen LogP contribution in [0.5, 0.6) is 5.75 Å². The first-order chi connectivity index (χ1) is 10.6. The molecule has 5 nitrogen and oxygen atoms in total. The zero-order valence-electron chi connectivity index (χ0n) is 11.9. The van der Waals surface area contributed by atoms with Crippen LogP contribution in [0.15, 0.2) is 35.1 Å². The van der Waals surface area contributed by atoms with Crippen LogP contribution in [0.1, 0.15) is 6.92 Å². The number of hydrogen-bond donors (Lipinski definition) is 1. The van der Waals surface area contributed by atoms with Gasteiger partial charge in [-0.15, -0.1) is 0 Å². The van der Waals surface area contributed by atoms with Gasteiger partial charge in [-0.1, -0.05) is 17.4 Å². The first-order valence-corrected chi connectivity index (χ1v) is 8.06. The molecular formula is C15H12BrN3O2S. The second-order valence-electron chi connectivity index (χ2n) is 4.60. The lowest BCUT2D eigenvalue weighted by molar-refractivity contribution is -0.114. The summed E-state index contributed by atoms with van der Waals surface area (Å²) in [4.78, 5) is 19.8. The number of benzene rings is 1. The predicted molar refractivity (Wildman–Crippen MR) is 91.4 cm³/mol. The van der Waals surface area contributed by atoms with Crippen molar-refractivity contribution in [2.24, 2.45) is 0 Å². The smallest absolute Gasteiger partial charge is 0.223 e. The maximum atomic E-state index is 11.1. The Morgan fingerprint density at radius 3 is 2.86 bits per heavy atom. The molecule has 1 amide bonds. The Labute approximate surface area is 139 Å². The van der Waals surface area contributed by atoms with Crippen molar-refractivity contribution < 1.29 is 9.53 Å². The van der Waals surface area contributed by atoms with Gasteiger partial charge in [-0.25, -0.2) is 9.97 Å². The van der Waals surface area contributed by atoms with Gasteiger partial charge in [0.1, 0.15) is 4.60 Å². The number of nitrogens with one attached hydrogen (secondary N) is 1. The van der Waals surface area contributed by atoms with Gasteiger partial charge in [-0.05, 0) is 39.7 Å². The Hall–Kier alpha value is -1.99. The van der Waals surface area contributed by atoms with Gasteiger partial charge >= 0.3 is 0 Å². The van der Waals surface area contributed by atoms with Gasteiger partial charge in [0.05, 0.1) is 17.3 Å². The molecule has 1 aromatic carbocycles. The van der Waals surface area contributed by atoms with Gasteiger partial charge in [-0.2, -0.15) is 0 Å². The number of carbonyl (C=O) groups excluding carboxylic acids is 1. The summed E-state index contributed by atoms with van der Waals surface area (Å²) < 4.78 is 6.95. The number of methoxy groups -OCH3 is 1. The number of pyridine rings is 1. The number of carbonyl (C=O) groups is 1. The van der Waals surface area contributed by atoms with Crippen molar-refractivity contribution in [1.29, 1.82) is 0 Å². The van der Waals surface area contributed by atoms with E-state index in [9.17, 15) is 4.79 Å². The van der Waals surface area contributed by atoms with Gasteiger partial charge in [0.25, 0.3) is 0 Å². The Morgan fingerprint density at radius 1 is 1.32 bits per heavy atom. The molecule has 1 N–H and O–H groups in total. The summed E-state index contributed by atoms with van der Waals surface area (Å²) in [5, 5.41) is 3.31. The maximum absolute atomic E-state index is 11.1. The molecule has 112 valence electrons. The van der Waals surface area contributed by atoms with Crippen molar-refractivity contribution in [1.82, 2.24) is 9.97 Å². The molecule has 0 aliphatic heterocycles. The Balaban J connectivity index is 2.02. The summed E-state index contributed by atoms with van der Waals surface area (Å²) in [7, 11) is 1.61. The minimum absolute atomic E-state index is 0.124. The van der Waals surface area contributed by atoms with Crippen LogP contribution >= 0.6 is 27.3 Å². The van der Waals surface area contributed by atoms with Gasteiger partial charge in [0.15, 0.2) is 10.9 Å². The highest BCUT2D eigenvalue weighted by atomic mass is 79.9. The van der Waals surface area contributed by atoms with Crippen LogP contribution in [0, 0.1) is 0 Å². The SMILES string of the molecule is COc1cc(-c2ccc3nc(NC(C)=O)sc3c2)cnc1Br. The Kier molecular flexibility index (Phi) is 4.08. The monoisotopic (exact) mass is 377 g/mol. The molecule has 3 rings (SSSR count). The summed E-state index contributed by atoms with van der Waals surface area (Å²) in [5.74, 6) is 0.557. The highest BCUT2D eigenvalue weighted by Crippen LogP contribution is 2.33. The number of thiazole rings is 1. The number of ether oxygens (including phenoxy) is 1. The molecule has 2 heterocycles. The highest BCUT2D eigenvalue weighted by Gasteiger charge is 2.09. The normalized spacial score (nSPS) is 10.7. The van der Waals surface area contributed by atoms with Crippen molar-refractivity contribution in [3.63, 3.8) is 0 Å². The number of amides is 1. The van der Waals surface area contributed by atoms with Crippen molar-refractivity contribution in [3.8, 4) is 16.9 Å². The fraction of sp³-hybridized carbons (Fsp3) is 0.133. The number of aromatic nitrogens is 2. The van der Waals surface area contributed by atoms with Crippen LogP contribution in [0.4, 0.5) is 5.13 Å². The summed E-state index contributed by atoms with van der Waals surface area (Å²) in [6.45, 7) is 1.47. The van der Waals surface area contributed by atoms with E-state index >= 15 is 0 Å². The van der Waals surface area contributed by atoms with E-state index < -0.39 is 0 Å². The molecule has 22 heavy (non-hydrogen) atoms. The molecule has 0 atom stereocenters. The van der Waals surface area contributed by atoms with Crippen molar-refractivity contribution in [2.45, 2.75) is 6.92 Å². The third-order valence-corrected chi connectivity index (χ3v) is 4.56. The van der Waals surface area contributed by atoms with E-state index in [0.717, 1.165) is 21.3 Å². The summed E-state index contributed by atoms with van der Waals surface area (Å²) in [6.07, 6.45) is 1.78. The molecule has 0 saturated heterocycles. The topological polar surface area (TPSA) is 64.1 Å². The Morgan fingerprint density at radius 2 is 2.14 bits per heavy atom. The Bertz CT molecular complexity index is 863. The lowest BCUT2D eigenvalue weighted by Crippen LogP contribution is -2.04. The van der Waals surface area contributed by atoms with Crippen LogP contribution < -0.4 is 10.1 Å². The molecule has 0 spiro atoms. The number of rotatable bonds is 3. The molecule has 3 aromatic rings. The first kappa shape index (κ1) is 14.9. The average Bonchev–Trinajstić information content (AvgIpc) is 2.88. The number of hydrogen-bond acceptors (Lipinski definition) is 5. The van der Waals surface area contributed by atoms with Gasteiger partial charge in [0.2, 0.25) is 5.91 Å². The minimum Gasteiger partial charge on any atom is -0.494 e. The van der Waals surface area contributed by atoms with Crippen LogP contribution in [0.3, 0.4) is 0 Å². The third kappa shape index (κ3) is 2.95. The van der Waals surface area contributed by atoms with E-state index in [0.29, 0.717) is 15.5 Å². The van der Waals surface area contributed by atoms with Crippen molar-refractivity contribution in [3.05, 3.63) is 35.1 Å².